The fraction of sp³-hybridized carbons (Fsp3) is 0.611. The first-order valence-corrected chi connectivity index (χ1v) is 10.8. The van der Waals surface area contributed by atoms with E-state index in [0.717, 1.165) is 0 Å². The first-order valence-electron chi connectivity index (χ1n) is 9.32. The Morgan fingerprint density at radius 3 is 2.30 bits per heavy atom. The van der Waals surface area contributed by atoms with E-state index in [1.807, 2.05) is 4.90 Å². The zero-order chi connectivity index (χ0) is 18.9. The molecule has 0 saturated carbocycles. The standard InChI is InChI=1S/C18H24N2O6S/c21-18(19-7-9-24-10-8-19)14-3-5-20(6-4-14)27(22,23)15-1-2-16-17(13-15)26-12-11-25-16/h1-2,13-14H,3-12H2. The van der Waals surface area contributed by atoms with E-state index in [-0.39, 0.29) is 16.7 Å². The van der Waals surface area contributed by atoms with Crippen LogP contribution in [-0.2, 0) is 19.6 Å². The molecule has 1 amide bonds. The average molecular weight is 396 g/mol. The minimum atomic E-state index is -3.62. The molecule has 3 heterocycles. The van der Waals surface area contributed by atoms with Gasteiger partial charge < -0.3 is 19.1 Å². The molecule has 1 aromatic carbocycles. The molecule has 27 heavy (non-hydrogen) atoms. The Morgan fingerprint density at radius 2 is 1.59 bits per heavy atom. The Kier molecular flexibility index (Phi) is 5.25. The SMILES string of the molecule is O=C(C1CCN(S(=O)(=O)c2ccc3c(c2)OCCO3)CC1)N1CCOCC1. The molecule has 0 aliphatic carbocycles. The Labute approximate surface area is 159 Å². The van der Waals surface area contributed by atoms with Crippen molar-refractivity contribution in [2.45, 2.75) is 17.7 Å². The van der Waals surface area contributed by atoms with Crippen molar-refractivity contribution in [1.82, 2.24) is 9.21 Å². The molecular formula is C18H24N2O6S. The van der Waals surface area contributed by atoms with Gasteiger partial charge in [0.2, 0.25) is 15.9 Å². The van der Waals surface area contributed by atoms with Crippen molar-refractivity contribution < 1.29 is 27.4 Å². The number of carbonyl (C=O) groups is 1. The minimum Gasteiger partial charge on any atom is -0.486 e. The summed E-state index contributed by atoms with van der Waals surface area (Å²) < 4.78 is 43.6. The molecule has 0 atom stereocenters. The Hall–Kier alpha value is -1.84. The summed E-state index contributed by atoms with van der Waals surface area (Å²) in [5, 5.41) is 0. The monoisotopic (exact) mass is 396 g/mol. The summed E-state index contributed by atoms with van der Waals surface area (Å²) in [4.78, 5) is 14.6. The summed E-state index contributed by atoms with van der Waals surface area (Å²) >= 11 is 0. The van der Waals surface area contributed by atoms with E-state index in [1.165, 1.54) is 10.4 Å². The van der Waals surface area contributed by atoms with Gasteiger partial charge in [0, 0.05) is 38.2 Å². The number of carbonyl (C=O) groups excluding carboxylic acids is 1. The second kappa shape index (κ2) is 7.65. The number of benzene rings is 1. The van der Waals surface area contributed by atoms with Crippen molar-refractivity contribution in [3.8, 4) is 11.5 Å². The molecule has 0 radical (unpaired) electrons. The molecule has 2 saturated heterocycles. The lowest BCUT2D eigenvalue weighted by atomic mass is 9.96. The second-order valence-corrected chi connectivity index (χ2v) is 8.86. The van der Waals surface area contributed by atoms with E-state index in [2.05, 4.69) is 0 Å². The van der Waals surface area contributed by atoms with Crippen LogP contribution in [0.15, 0.2) is 23.1 Å². The first kappa shape index (κ1) is 18.5. The van der Waals surface area contributed by atoms with Crippen LogP contribution in [0.4, 0.5) is 0 Å². The Balaban J connectivity index is 1.41. The lowest BCUT2D eigenvalue weighted by Gasteiger charge is -2.35. The van der Waals surface area contributed by atoms with Gasteiger partial charge in [-0.1, -0.05) is 0 Å². The largest absolute Gasteiger partial charge is 0.486 e. The maximum absolute atomic E-state index is 13.0. The number of piperidine rings is 1. The number of hydrogen-bond donors (Lipinski definition) is 0. The molecule has 0 unspecified atom stereocenters. The van der Waals surface area contributed by atoms with Crippen molar-refractivity contribution in [1.29, 1.82) is 0 Å². The maximum atomic E-state index is 13.0. The van der Waals surface area contributed by atoms with Crippen molar-refractivity contribution >= 4 is 15.9 Å². The number of ether oxygens (including phenoxy) is 3. The highest BCUT2D eigenvalue weighted by atomic mass is 32.2. The minimum absolute atomic E-state index is 0.116. The highest BCUT2D eigenvalue weighted by Crippen LogP contribution is 2.34. The van der Waals surface area contributed by atoms with E-state index in [4.69, 9.17) is 14.2 Å². The van der Waals surface area contributed by atoms with Crippen LogP contribution in [0, 0.1) is 5.92 Å². The van der Waals surface area contributed by atoms with E-state index in [9.17, 15) is 13.2 Å². The highest BCUT2D eigenvalue weighted by molar-refractivity contribution is 7.89. The van der Waals surface area contributed by atoms with Crippen LogP contribution in [0.2, 0.25) is 0 Å². The molecule has 2 fully saturated rings. The van der Waals surface area contributed by atoms with Crippen LogP contribution in [0.5, 0.6) is 11.5 Å². The normalized spacial score (nSPS) is 21.9. The zero-order valence-electron chi connectivity index (χ0n) is 15.1. The highest BCUT2D eigenvalue weighted by Gasteiger charge is 2.34. The topological polar surface area (TPSA) is 85.4 Å². The Morgan fingerprint density at radius 1 is 0.926 bits per heavy atom. The predicted molar refractivity (Wildman–Crippen MR) is 96.3 cm³/mol. The van der Waals surface area contributed by atoms with Gasteiger partial charge >= 0.3 is 0 Å². The van der Waals surface area contributed by atoms with Crippen LogP contribution in [0.3, 0.4) is 0 Å². The van der Waals surface area contributed by atoms with Crippen LogP contribution in [-0.4, -0.2) is 76.1 Å². The maximum Gasteiger partial charge on any atom is 0.243 e. The average Bonchev–Trinajstić information content (AvgIpc) is 2.73. The summed E-state index contributed by atoms with van der Waals surface area (Å²) in [5.74, 6) is 1.03. The number of hydrogen-bond acceptors (Lipinski definition) is 6. The molecule has 3 aliphatic rings. The predicted octanol–water partition coefficient (Wildman–Crippen LogP) is 0.717. The lowest BCUT2D eigenvalue weighted by Crippen LogP contribution is -2.47. The van der Waals surface area contributed by atoms with E-state index in [0.29, 0.717) is 76.9 Å². The molecule has 0 aromatic heterocycles. The molecule has 9 heteroatoms. The van der Waals surface area contributed by atoms with Crippen LogP contribution < -0.4 is 9.47 Å². The summed E-state index contributed by atoms with van der Waals surface area (Å²) in [5.41, 5.74) is 0. The summed E-state index contributed by atoms with van der Waals surface area (Å²) in [7, 11) is -3.62. The van der Waals surface area contributed by atoms with Gasteiger partial charge in [0.1, 0.15) is 13.2 Å². The molecule has 0 bridgehead atoms. The van der Waals surface area contributed by atoms with E-state index < -0.39 is 10.0 Å². The molecule has 4 rings (SSSR count). The molecule has 148 valence electrons. The van der Waals surface area contributed by atoms with Crippen LogP contribution in [0.25, 0.3) is 0 Å². The third-order valence-corrected chi connectivity index (χ3v) is 7.17. The van der Waals surface area contributed by atoms with Gasteiger partial charge in [-0.2, -0.15) is 4.31 Å². The van der Waals surface area contributed by atoms with Gasteiger partial charge in [-0.15, -0.1) is 0 Å². The summed E-state index contributed by atoms with van der Waals surface area (Å²) in [6, 6.07) is 4.71. The molecule has 0 spiro atoms. The van der Waals surface area contributed by atoms with Crippen LogP contribution in [0.1, 0.15) is 12.8 Å². The van der Waals surface area contributed by atoms with Crippen molar-refractivity contribution in [2.75, 3.05) is 52.6 Å². The molecule has 8 nitrogen and oxygen atoms in total. The van der Waals surface area contributed by atoms with Crippen molar-refractivity contribution in [3.05, 3.63) is 18.2 Å². The third kappa shape index (κ3) is 3.76. The number of sulfonamides is 1. The van der Waals surface area contributed by atoms with Gasteiger partial charge in [-0.05, 0) is 25.0 Å². The number of rotatable bonds is 3. The van der Waals surface area contributed by atoms with Crippen LogP contribution >= 0.6 is 0 Å². The van der Waals surface area contributed by atoms with Gasteiger partial charge in [0.05, 0.1) is 18.1 Å². The van der Waals surface area contributed by atoms with Gasteiger partial charge in [0.25, 0.3) is 0 Å². The third-order valence-electron chi connectivity index (χ3n) is 5.28. The molecule has 0 N–H and O–H groups in total. The fourth-order valence-electron chi connectivity index (χ4n) is 3.72. The number of morpholine rings is 1. The fourth-order valence-corrected chi connectivity index (χ4v) is 5.20. The van der Waals surface area contributed by atoms with E-state index >= 15 is 0 Å². The molecule has 3 aliphatic heterocycles. The van der Waals surface area contributed by atoms with Gasteiger partial charge in [0.15, 0.2) is 11.5 Å². The Bertz CT molecular complexity index is 798. The smallest absolute Gasteiger partial charge is 0.243 e. The number of fused-ring (bicyclic) bond motifs is 1. The van der Waals surface area contributed by atoms with Gasteiger partial charge in [-0.25, -0.2) is 8.42 Å². The van der Waals surface area contributed by atoms with E-state index in [1.54, 1.807) is 12.1 Å². The van der Waals surface area contributed by atoms with Crippen molar-refractivity contribution in [2.24, 2.45) is 5.92 Å². The summed E-state index contributed by atoms with van der Waals surface area (Å²) in [6.07, 6.45) is 1.08. The molecular weight excluding hydrogens is 372 g/mol. The van der Waals surface area contributed by atoms with Crippen molar-refractivity contribution in [3.63, 3.8) is 0 Å². The number of nitrogens with zero attached hydrogens (tertiary/aromatic N) is 2. The second-order valence-electron chi connectivity index (χ2n) is 6.92. The van der Waals surface area contributed by atoms with Gasteiger partial charge in [-0.3, -0.25) is 4.79 Å². The lowest BCUT2D eigenvalue weighted by molar-refractivity contribution is -0.140. The quantitative estimate of drug-likeness (QED) is 0.748. The zero-order valence-corrected chi connectivity index (χ0v) is 15.9. The first-order chi connectivity index (χ1) is 13.1. The number of amides is 1. The molecule has 1 aromatic rings. The summed E-state index contributed by atoms with van der Waals surface area (Å²) in [6.45, 7) is 3.94.